The maximum absolute atomic E-state index is 13.7. The molecule has 0 aliphatic carbocycles. The second-order valence-corrected chi connectivity index (χ2v) is 10.4. The molecule has 39 heavy (non-hydrogen) atoms. The third-order valence-corrected chi connectivity index (χ3v) is 7.76. The van der Waals surface area contributed by atoms with Crippen molar-refractivity contribution >= 4 is 27.5 Å². The lowest BCUT2D eigenvalue weighted by Gasteiger charge is -2.32. The van der Waals surface area contributed by atoms with Crippen LogP contribution in [0.2, 0.25) is 0 Å². The van der Waals surface area contributed by atoms with Gasteiger partial charge in [0.15, 0.2) is 0 Å². The van der Waals surface area contributed by atoms with Crippen LogP contribution in [0.1, 0.15) is 18.1 Å². The van der Waals surface area contributed by atoms with E-state index in [4.69, 9.17) is 4.74 Å². The van der Waals surface area contributed by atoms with Gasteiger partial charge < -0.3 is 15.0 Å². The molecule has 0 aliphatic rings. The first-order valence-corrected chi connectivity index (χ1v) is 13.2. The lowest BCUT2D eigenvalue weighted by Crippen LogP contribution is -2.50. The molecule has 0 unspecified atom stereocenters. The van der Waals surface area contributed by atoms with Gasteiger partial charge in [-0.15, -0.1) is 0 Å². The summed E-state index contributed by atoms with van der Waals surface area (Å²) in [7, 11) is -1.62. The van der Waals surface area contributed by atoms with Gasteiger partial charge >= 0.3 is 6.18 Å². The first kappa shape index (κ1) is 29.5. The van der Waals surface area contributed by atoms with Crippen LogP contribution in [0.3, 0.4) is 0 Å². The number of nitrogens with zero attached hydrogens (tertiary/aromatic N) is 2. The van der Waals surface area contributed by atoms with Crippen molar-refractivity contribution in [3.63, 3.8) is 0 Å². The highest BCUT2D eigenvalue weighted by molar-refractivity contribution is 7.92. The van der Waals surface area contributed by atoms with Crippen LogP contribution in [0, 0.1) is 0 Å². The van der Waals surface area contributed by atoms with E-state index >= 15 is 0 Å². The van der Waals surface area contributed by atoms with Crippen LogP contribution in [-0.4, -0.2) is 51.9 Å². The van der Waals surface area contributed by atoms with E-state index in [-0.39, 0.29) is 17.1 Å². The molecule has 0 aliphatic heterocycles. The number of nitrogens with one attached hydrogen (secondary N) is 1. The number of anilines is 1. The van der Waals surface area contributed by atoms with Gasteiger partial charge in [-0.05, 0) is 55.0 Å². The number of rotatable bonds is 10. The zero-order chi connectivity index (χ0) is 28.8. The molecule has 0 bridgehead atoms. The van der Waals surface area contributed by atoms with Crippen LogP contribution in [-0.2, 0) is 32.3 Å². The van der Waals surface area contributed by atoms with Gasteiger partial charge in [0.05, 0.1) is 23.3 Å². The predicted octanol–water partition coefficient (Wildman–Crippen LogP) is 4.07. The first-order chi connectivity index (χ1) is 18.4. The average Bonchev–Trinajstić information content (AvgIpc) is 2.93. The van der Waals surface area contributed by atoms with E-state index < -0.39 is 46.2 Å². The van der Waals surface area contributed by atoms with Crippen molar-refractivity contribution in [2.75, 3.05) is 25.0 Å². The van der Waals surface area contributed by atoms with Crippen molar-refractivity contribution in [1.82, 2.24) is 10.2 Å². The lowest BCUT2D eigenvalue weighted by molar-refractivity contribution is -0.139. The molecular formula is C27H28F3N3O5S. The monoisotopic (exact) mass is 563 g/mol. The number of hydrogen-bond donors (Lipinski definition) is 1. The highest BCUT2D eigenvalue weighted by Crippen LogP contribution is 2.33. The molecular weight excluding hydrogens is 535 g/mol. The van der Waals surface area contributed by atoms with E-state index in [9.17, 15) is 31.2 Å². The molecule has 1 N–H and O–H groups in total. The van der Waals surface area contributed by atoms with E-state index in [0.717, 1.165) is 17.0 Å². The summed E-state index contributed by atoms with van der Waals surface area (Å²) in [5.41, 5.74) is -0.835. The van der Waals surface area contributed by atoms with Gasteiger partial charge in [0.1, 0.15) is 18.3 Å². The summed E-state index contributed by atoms with van der Waals surface area (Å²) in [6.07, 6.45) is -4.74. The smallest absolute Gasteiger partial charge is 0.416 e. The van der Waals surface area contributed by atoms with Gasteiger partial charge in [0.2, 0.25) is 11.8 Å². The summed E-state index contributed by atoms with van der Waals surface area (Å²) < 4.78 is 73.5. The van der Waals surface area contributed by atoms with Crippen LogP contribution < -0.4 is 14.4 Å². The number of methoxy groups -OCH3 is 1. The number of alkyl halides is 3. The SMILES string of the molecule is CNC(=O)[C@H](C)N(Cc1cccc(OC)c1)C(=O)CN(c1cccc(C(F)(F)F)c1)S(=O)(=O)c1ccccc1. The Bertz CT molecular complexity index is 1420. The Morgan fingerprint density at radius 3 is 2.26 bits per heavy atom. The molecule has 2 amide bonds. The topological polar surface area (TPSA) is 96.0 Å². The largest absolute Gasteiger partial charge is 0.497 e. The Morgan fingerprint density at radius 2 is 1.64 bits per heavy atom. The van der Waals surface area contributed by atoms with E-state index in [1.807, 2.05) is 0 Å². The normalized spacial score (nSPS) is 12.4. The number of ether oxygens (including phenoxy) is 1. The minimum atomic E-state index is -4.74. The standard InChI is InChI=1S/C27H28F3N3O5S/c1-19(26(35)31-2)32(17-20-9-7-12-23(15-20)38-3)25(34)18-33(39(36,37)24-13-5-4-6-14-24)22-11-8-10-21(16-22)27(28,29)30/h4-16,19H,17-18H2,1-3H3,(H,31,35)/t19-/m0/s1. The van der Waals surface area contributed by atoms with Crippen LogP contribution in [0.4, 0.5) is 18.9 Å². The second kappa shape index (κ2) is 12.2. The number of sulfonamides is 1. The van der Waals surface area contributed by atoms with Gasteiger partial charge in [0.25, 0.3) is 10.0 Å². The number of likely N-dealkylation sites (N-methyl/N-ethyl adjacent to an activating group) is 1. The van der Waals surface area contributed by atoms with Gasteiger partial charge in [-0.1, -0.05) is 36.4 Å². The Hall–Kier alpha value is -4.06. The molecule has 3 aromatic carbocycles. The number of amides is 2. The van der Waals surface area contributed by atoms with Crippen molar-refractivity contribution in [3.05, 3.63) is 90.0 Å². The molecule has 0 heterocycles. The minimum absolute atomic E-state index is 0.0908. The Morgan fingerprint density at radius 1 is 0.974 bits per heavy atom. The Kier molecular flexibility index (Phi) is 9.23. The zero-order valence-electron chi connectivity index (χ0n) is 21.5. The van der Waals surface area contributed by atoms with Crippen molar-refractivity contribution in [3.8, 4) is 5.75 Å². The van der Waals surface area contributed by atoms with E-state index in [1.165, 1.54) is 51.4 Å². The zero-order valence-corrected chi connectivity index (χ0v) is 22.3. The molecule has 0 saturated carbocycles. The summed E-state index contributed by atoms with van der Waals surface area (Å²) in [6.45, 7) is 0.521. The molecule has 0 spiro atoms. The average molecular weight is 564 g/mol. The predicted molar refractivity (Wildman–Crippen MR) is 139 cm³/mol. The van der Waals surface area contributed by atoms with Gasteiger partial charge in [-0.25, -0.2) is 8.42 Å². The van der Waals surface area contributed by atoms with Crippen molar-refractivity contribution in [2.45, 2.75) is 30.6 Å². The molecule has 8 nitrogen and oxygen atoms in total. The number of benzene rings is 3. The Labute approximate surface area is 225 Å². The van der Waals surface area contributed by atoms with Crippen LogP contribution >= 0.6 is 0 Å². The number of halogens is 3. The lowest BCUT2D eigenvalue weighted by atomic mass is 10.1. The third kappa shape index (κ3) is 7.08. The molecule has 0 aromatic heterocycles. The van der Waals surface area contributed by atoms with Crippen LogP contribution in [0.15, 0.2) is 83.8 Å². The van der Waals surface area contributed by atoms with Crippen LogP contribution in [0.5, 0.6) is 5.75 Å². The van der Waals surface area contributed by atoms with Crippen molar-refractivity contribution < 1.29 is 35.9 Å². The molecule has 0 fully saturated rings. The van der Waals surface area contributed by atoms with Crippen molar-refractivity contribution in [1.29, 1.82) is 0 Å². The summed E-state index contributed by atoms with van der Waals surface area (Å²) in [4.78, 5) is 27.2. The maximum atomic E-state index is 13.7. The fourth-order valence-electron chi connectivity index (χ4n) is 3.84. The summed E-state index contributed by atoms with van der Waals surface area (Å²) in [5, 5.41) is 2.46. The molecule has 0 radical (unpaired) electrons. The number of carbonyl (C=O) groups excluding carboxylic acids is 2. The van der Waals surface area contributed by atoms with Gasteiger partial charge in [-0.3, -0.25) is 13.9 Å². The molecule has 208 valence electrons. The van der Waals surface area contributed by atoms with E-state index in [2.05, 4.69) is 5.32 Å². The maximum Gasteiger partial charge on any atom is 0.416 e. The fourth-order valence-corrected chi connectivity index (χ4v) is 5.27. The third-order valence-electron chi connectivity index (χ3n) is 5.97. The highest BCUT2D eigenvalue weighted by atomic mass is 32.2. The summed E-state index contributed by atoms with van der Waals surface area (Å²) in [6, 6.07) is 16.5. The fraction of sp³-hybridized carbons (Fsp3) is 0.259. The molecule has 1 atom stereocenters. The molecule has 0 saturated heterocycles. The number of hydrogen-bond acceptors (Lipinski definition) is 5. The van der Waals surface area contributed by atoms with E-state index in [1.54, 1.807) is 30.3 Å². The summed E-state index contributed by atoms with van der Waals surface area (Å²) >= 11 is 0. The minimum Gasteiger partial charge on any atom is -0.497 e. The van der Waals surface area contributed by atoms with E-state index in [0.29, 0.717) is 21.7 Å². The van der Waals surface area contributed by atoms with Crippen molar-refractivity contribution in [2.24, 2.45) is 0 Å². The van der Waals surface area contributed by atoms with Gasteiger partial charge in [0, 0.05) is 13.6 Å². The second-order valence-electron chi connectivity index (χ2n) is 8.54. The molecule has 3 rings (SSSR count). The highest BCUT2D eigenvalue weighted by Gasteiger charge is 2.35. The van der Waals surface area contributed by atoms with Gasteiger partial charge in [-0.2, -0.15) is 13.2 Å². The molecule has 12 heteroatoms. The van der Waals surface area contributed by atoms with Crippen LogP contribution in [0.25, 0.3) is 0 Å². The quantitative estimate of drug-likeness (QED) is 0.401. The first-order valence-electron chi connectivity index (χ1n) is 11.8. The molecule has 3 aromatic rings. The summed E-state index contributed by atoms with van der Waals surface area (Å²) in [5.74, 6) is -0.807. The number of carbonyl (C=O) groups is 2. The Balaban J connectivity index is 2.08.